The average Bonchev–Trinajstić information content (AvgIpc) is 3.18. The van der Waals surface area contributed by atoms with Crippen molar-refractivity contribution in [1.29, 1.82) is 0 Å². The predicted octanol–water partition coefficient (Wildman–Crippen LogP) is 4.71. The zero-order valence-electron chi connectivity index (χ0n) is 15.5. The molecule has 0 fully saturated rings. The van der Waals surface area contributed by atoms with E-state index >= 15 is 0 Å². The van der Waals surface area contributed by atoms with E-state index in [1.54, 1.807) is 0 Å². The average molecular weight is 344 g/mol. The van der Waals surface area contributed by atoms with Crippen molar-refractivity contribution in [2.45, 2.75) is 26.8 Å². The minimum Gasteiger partial charge on any atom is -0.265 e. The van der Waals surface area contributed by atoms with Gasteiger partial charge in [0.15, 0.2) is 0 Å². The van der Waals surface area contributed by atoms with Gasteiger partial charge >= 0.3 is 0 Å². The number of rotatable bonds is 3. The minimum atomic E-state index is 0.232. The molecule has 4 heteroatoms. The molecular formula is C22H24N4. The van der Waals surface area contributed by atoms with Crippen molar-refractivity contribution in [3.8, 4) is 0 Å². The highest BCUT2D eigenvalue weighted by atomic mass is 15.5. The lowest BCUT2D eigenvalue weighted by Gasteiger charge is -2.21. The van der Waals surface area contributed by atoms with E-state index in [4.69, 9.17) is 10.2 Å². The number of para-hydroxylation sites is 2. The molecule has 0 N–H and O–H groups in total. The molecule has 2 aliphatic rings. The molecule has 2 aromatic carbocycles. The van der Waals surface area contributed by atoms with Gasteiger partial charge in [-0.3, -0.25) is 10.0 Å². The molecule has 26 heavy (non-hydrogen) atoms. The summed E-state index contributed by atoms with van der Waals surface area (Å²) in [7, 11) is 0. The standard InChI is InChI=1S/C22H24N4/c1-16-19(15-25(23-16)20-10-6-4-7-11-20)14-22-17(2)24-26(18(22)3)21-12-8-5-9-13-21/h4-14,18-19H,15H2,1-3H3/b22-14+. The second kappa shape index (κ2) is 6.79. The first-order valence-corrected chi connectivity index (χ1v) is 9.13. The Labute approximate surface area is 155 Å². The predicted molar refractivity (Wildman–Crippen MR) is 110 cm³/mol. The fourth-order valence-corrected chi connectivity index (χ4v) is 3.64. The maximum Gasteiger partial charge on any atom is 0.0762 e. The molecule has 2 unspecified atom stereocenters. The van der Waals surface area contributed by atoms with E-state index in [-0.39, 0.29) is 6.04 Å². The van der Waals surface area contributed by atoms with Gasteiger partial charge in [-0.15, -0.1) is 0 Å². The van der Waals surface area contributed by atoms with Gasteiger partial charge in [0.25, 0.3) is 0 Å². The topological polar surface area (TPSA) is 31.2 Å². The first-order chi connectivity index (χ1) is 12.6. The molecule has 0 spiro atoms. The molecule has 0 aromatic heterocycles. The summed E-state index contributed by atoms with van der Waals surface area (Å²) in [5.74, 6) is 0.313. The highest BCUT2D eigenvalue weighted by Crippen LogP contribution is 2.30. The van der Waals surface area contributed by atoms with Gasteiger partial charge in [0.1, 0.15) is 0 Å². The highest BCUT2D eigenvalue weighted by Gasteiger charge is 2.30. The van der Waals surface area contributed by atoms with Gasteiger partial charge in [0.2, 0.25) is 0 Å². The smallest absolute Gasteiger partial charge is 0.0762 e. The number of anilines is 2. The van der Waals surface area contributed by atoms with Crippen LogP contribution in [0.25, 0.3) is 0 Å². The van der Waals surface area contributed by atoms with Gasteiger partial charge in [-0.05, 0) is 50.6 Å². The van der Waals surface area contributed by atoms with Crippen molar-refractivity contribution >= 4 is 22.8 Å². The SMILES string of the molecule is CC1=NN(c2ccccc2)C(C)/C1=C/C1CN(c2ccccc2)N=C1C. The molecule has 0 radical (unpaired) electrons. The third-order valence-electron chi connectivity index (χ3n) is 5.13. The fourth-order valence-electron chi connectivity index (χ4n) is 3.64. The van der Waals surface area contributed by atoms with E-state index in [9.17, 15) is 0 Å². The van der Waals surface area contributed by atoms with Crippen LogP contribution < -0.4 is 10.0 Å². The monoisotopic (exact) mass is 344 g/mol. The van der Waals surface area contributed by atoms with Crippen LogP contribution in [-0.4, -0.2) is 24.0 Å². The summed E-state index contributed by atoms with van der Waals surface area (Å²) in [6.07, 6.45) is 2.36. The van der Waals surface area contributed by atoms with Crippen molar-refractivity contribution in [2.24, 2.45) is 16.1 Å². The van der Waals surface area contributed by atoms with E-state index in [0.717, 1.165) is 29.3 Å². The van der Waals surface area contributed by atoms with Crippen molar-refractivity contribution in [2.75, 3.05) is 16.6 Å². The molecular weight excluding hydrogens is 320 g/mol. The Balaban J connectivity index is 1.56. The van der Waals surface area contributed by atoms with E-state index in [0.29, 0.717) is 5.92 Å². The molecule has 2 aromatic rings. The van der Waals surface area contributed by atoms with E-state index < -0.39 is 0 Å². The van der Waals surface area contributed by atoms with Gasteiger partial charge < -0.3 is 0 Å². The van der Waals surface area contributed by atoms with Crippen LogP contribution in [0.2, 0.25) is 0 Å². The first kappa shape index (κ1) is 16.6. The van der Waals surface area contributed by atoms with Crippen LogP contribution in [0, 0.1) is 5.92 Å². The molecule has 0 bridgehead atoms. The molecule has 2 aliphatic heterocycles. The van der Waals surface area contributed by atoms with Crippen LogP contribution in [0.4, 0.5) is 11.4 Å². The molecule has 0 aliphatic carbocycles. The molecule has 2 heterocycles. The van der Waals surface area contributed by atoms with Crippen molar-refractivity contribution in [3.05, 3.63) is 72.3 Å². The maximum absolute atomic E-state index is 4.79. The van der Waals surface area contributed by atoms with Crippen LogP contribution in [0.3, 0.4) is 0 Å². The molecule has 0 saturated heterocycles. The Morgan fingerprint density at radius 2 is 1.50 bits per heavy atom. The van der Waals surface area contributed by atoms with E-state index in [1.165, 1.54) is 5.57 Å². The lowest BCUT2D eigenvalue weighted by Crippen LogP contribution is -2.26. The second-order valence-corrected chi connectivity index (χ2v) is 6.93. The van der Waals surface area contributed by atoms with Gasteiger partial charge in [0.05, 0.1) is 29.7 Å². The lowest BCUT2D eigenvalue weighted by molar-refractivity contribution is 0.774. The Morgan fingerprint density at radius 1 is 0.885 bits per heavy atom. The molecule has 4 rings (SSSR count). The summed E-state index contributed by atoms with van der Waals surface area (Å²) in [5.41, 5.74) is 5.81. The van der Waals surface area contributed by atoms with E-state index in [1.807, 2.05) is 12.1 Å². The quantitative estimate of drug-likeness (QED) is 0.807. The summed E-state index contributed by atoms with van der Waals surface area (Å²) in [6.45, 7) is 7.31. The van der Waals surface area contributed by atoms with E-state index in [2.05, 4.69) is 85.4 Å². The Morgan fingerprint density at radius 3 is 2.15 bits per heavy atom. The minimum absolute atomic E-state index is 0.232. The second-order valence-electron chi connectivity index (χ2n) is 6.93. The normalized spacial score (nSPS) is 24.2. The zero-order valence-corrected chi connectivity index (χ0v) is 15.5. The third-order valence-corrected chi connectivity index (χ3v) is 5.13. The largest absolute Gasteiger partial charge is 0.265 e. The summed E-state index contributed by atoms with van der Waals surface area (Å²) in [6, 6.07) is 20.9. The Hall–Kier alpha value is -2.88. The van der Waals surface area contributed by atoms with Gasteiger partial charge in [-0.1, -0.05) is 42.5 Å². The van der Waals surface area contributed by atoms with Crippen LogP contribution in [0.5, 0.6) is 0 Å². The highest BCUT2D eigenvalue weighted by molar-refractivity contribution is 6.03. The molecule has 4 nitrogen and oxygen atoms in total. The first-order valence-electron chi connectivity index (χ1n) is 9.13. The maximum atomic E-state index is 4.79. The lowest BCUT2D eigenvalue weighted by atomic mass is 9.96. The van der Waals surface area contributed by atoms with Crippen LogP contribution in [0.1, 0.15) is 20.8 Å². The molecule has 0 amide bonds. The van der Waals surface area contributed by atoms with Gasteiger partial charge in [-0.2, -0.15) is 10.2 Å². The summed E-state index contributed by atoms with van der Waals surface area (Å²) in [5, 5.41) is 13.8. The number of hydrogen-bond donors (Lipinski definition) is 0. The van der Waals surface area contributed by atoms with Crippen molar-refractivity contribution in [3.63, 3.8) is 0 Å². The summed E-state index contributed by atoms with van der Waals surface area (Å²) < 4.78 is 0. The number of hydrogen-bond acceptors (Lipinski definition) is 4. The Kier molecular flexibility index (Phi) is 4.33. The van der Waals surface area contributed by atoms with Crippen molar-refractivity contribution < 1.29 is 0 Å². The summed E-state index contributed by atoms with van der Waals surface area (Å²) >= 11 is 0. The van der Waals surface area contributed by atoms with Crippen molar-refractivity contribution in [1.82, 2.24) is 0 Å². The third kappa shape index (κ3) is 3.03. The van der Waals surface area contributed by atoms with Crippen LogP contribution in [0.15, 0.2) is 82.5 Å². The Bertz CT molecular complexity index is 868. The van der Waals surface area contributed by atoms with Crippen LogP contribution in [-0.2, 0) is 0 Å². The number of nitrogens with zero attached hydrogens (tertiary/aromatic N) is 4. The summed E-state index contributed by atoms with van der Waals surface area (Å²) in [4.78, 5) is 0. The zero-order chi connectivity index (χ0) is 18.1. The number of hydrazone groups is 2. The number of benzene rings is 2. The molecule has 0 saturated carbocycles. The molecule has 132 valence electrons. The van der Waals surface area contributed by atoms with Crippen LogP contribution >= 0.6 is 0 Å². The van der Waals surface area contributed by atoms with Gasteiger partial charge in [0, 0.05) is 11.6 Å². The molecule has 2 atom stereocenters. The fraction of sp³-hybridized carbons (Fsp3) is 0.273. The van der Waals surface area contributed by atoms with Gasteiger partial charge in [-0.25, -0.2) is 0 Å².